The van der Waals surface area contributed by atoms with Crippen LogP contribution in [0.4, 0.5) is 5.95 Å². The third-order valence-corrected chi connectivity index (χ3v) is 2.72. The fraction of sp³-hybridized carbons (Fsp3) is 0.571. The van der Waals surface area contributed by atoms with Gasteiger partial charge in [0.2, 0.25) is 17.5 Å². The van der Waals surface area contributed by atoms with Gasteiger partial charge in [0.25, 0.3) is 5.70 Å². The lowest BCUT2D eigenvalue weighted by atomic mass is 9.92. The first-order valence-corrected chi connectivity index (χ1v) is 4.89. The van der Waals surface area contributed by atoms with Crippen LogP contribution in [-0.4, -0.2) is 35.6 Å². The molecule has 1 aliphatic rings. The predicted octanol–water partition coefficient (Wildman–Crippen LogP) is -0.187. The summed E-state index contributed by atoms with van der Waals surface area (Å²) >= 11 is 0. The molecule has 11 heteroatoms. The van der Waals surface area contributed by atoms with E-state index in [-0.39, 0.29) is 11.6 Å². The number of nitrogens with zero attached hydrogens (tertiary/aromatic N) is 6. The van der Waals surface area contributed by atoms with Crippen molar-refractivity contribution in [2.45, 2.75) is 25.4 Å². The first-order valence-electron chi connectivity index (χ1n) is 4.89. The summed E-state index contributed by atoms with van der Waals surface area (Å²) in [5, 5.41) is 35.0. The fourth-order valence-electron chi connectivity index (χ4n) is 1.72. The molecule has 0 bridgehead atoms. The summed E-state index contributed by atoms with van der Waals surface area (Å²) in [6.45, 7) is 2.57. The minimum absolute atomic E-state index is 0.125. The SMILES string of the molecule is CC(C)([C@H]1C([N+](=O)[O-])=CNc2nnnn21)[N+](=O)[O-]. The molecule has 1 N–H and O–H groups in total. The van der Waals surface area contributed by atoms with E-state index in [1.54, 1.807) is 0 Å². The van der Waals surface area contributed by atoms with E-state index < -0.39 is 21.4 Å². The number of tetrazole rings is 1. The van der Waals surface area contributed by atoms with Crippen molar-refractivity contribution < 1.29 is 9.85 Å². The molecule has 18 heavy (non-hydrogen) atoms. The van der Waals surface area contributed by atoms with Gasteiger partial charge in [-0.05, 0) is 10.4 Å². The molecule has 0 spiro atoms. The molecular formula is C7H9N7O4. The number of anilines is 1. The average molecular weight is 255 g/mol. The van der Waals surface area contributed by atoms with Crippen LogP contribution in [0.1, 0.15) is 19.9 Å². The second kappa shape index (κ2) is 3.72. The Bertz CT molecular complexity index is 548. The Hall–Kier alpha value is -2.59. The third kappa shape index (κ3) is 1.56. The Balaban J connectivity index is 2.57. The Morgan fingerprint density at radius 2 is 2.11 bits per heavy atom. The minimum Gasteiger partial charge on any atom is -0.324 e. The molecule has 1 atom stereocenters. The van der Waals surface area contributed by atoms with Crippen LogP contribution in [0.5, 0.6) is 0 Å². The second-order valence-corrected chi connectivity index (χ2v) is 4.23. The molecule has 1 aromatic heterocycles. The summed E-state index contributed by atoms with van der Waals surface area (Å²) in [4.78, 5) is 20.8. The van der Waals surface area contributed by atoms with Gasteiger partial charge in [0.05, 0.1) is 11.1 Å². The first-order chi connectivity index (χ1) is 8.35. The molecule has 2 rings (SSSR count). The van der Waals surface area contributed by atoms with Gasteiger partial charge in [-0.3, -0.25) is 20.2 Å². The average Bonchev–Trinajstić information content (AvgIpc) is 2.74. The van der Waals surface area contributed by atoms with Crippen molar-refractivity contribution in [3.63, 3.8) is 0 Å². The summed E-state index contributed by atoms with van der Waals surface area (Å²) in [5.74, 6) is 0.125. The highest BCUT2D eigenvalue weighted by Crippen LogP contribution is 2.35. The Kier molecular flexibility index (Phi) is 2.45. The first kappa shape index (κ1) is 11.9. The van der Waals surface area contributed by atoms with Crippen LogP contribution in [0.15, 0.2) is 11.9 Å². The molecular weight excluding hydrogens is 246 g/mol. The van der Waals surface area contributed by atoms with E-state index in [9.17, 15) is 20.2 Å². The van der Waals surface area contributed by atoms with Gasteiger partial charge in [0.1, 0.15) is 0 Å². The van der Waals surface area contributed by atoms with E-state index >= 15 is 0 Å². The van der Waals surface area contributed by atoms with Gasteiger partial charge in [-0.15, -0.1) is 0 Å². The van der Waals surface area contributed by atoms with Gasteiger partial charge < -0.3 is 5.32 Å². The molecule has 0 unspecified atom stereocenters. The maximum absolute atomic E-state index is 11.1. The highest BCUT2D eigenvalue weighted by atomic mass is 16.6. The summed E-state index contributed by atoms with van der Waals surface area (Å²) < 4.78 is 1.04. The summed E-state index contributed by atoms with van der Waals surface area (Å²) in [6.07, 6.45) is 1.07. The number of nitrogens with one attached hydrogen (secondary N) is 1. The van der Waals surface area contributed by atoms with Crippen molar-refractivity contribution in [2.75, 3.05) is 5.32 Å². The van der Waals surface area contributed by atoms with Crippen LogP contribution < -0.4 is 5.32 Å². The van der Waals surface area contributed by atoms with Crippen molar-refractivity contribution in [1.82, 2.24) is 20.2 Å². The van der Waals surface area contributed by atoms with Crippen LogP contribution in [0, 0.1) is 20.2 Å². The highest BCUT2D eigenvalue weighted by Gasteiger charge is 2.52. The van der Waals surface area contributed by atoms with Crippen LogP contribution in [0.2, 0.25) is 0 Å². The maximum Gasteiger partial charge on any atom is 0.294 e. The Morgan fingerprint density at radius 3 is 2.67 bits per heavy atom. The molecule has 0 saturated heterocycles. The second-order valence-electron chi connectivity index (χ2n) is 4.23. The van der Waals surface area contributed by atoms with Crippen LogP contribution in [0.3, 0.4) is 0 Å². The maximum atomic E-state index is 11.1. The molecule has 11 nitrogen and oxygen atoms in total. The molecule has 1 aliphatic heterocycles. The lowest BCUT2D eigenvalue weighted by Gasteiger charge is -2.26. The standard InChI is InChI=1S/C7H9N7O4/c1-7(2,14(17)18)5-4(13(15)16)3-8-6-9-10-11-12(5)6/h3,5H,1-2H3,(H,8,9,11)/t5-/m1/s1. The van der Waals surface area contributed by atoms with Crippen LogP contribution in [0.25, 0.3) is 0 Å². The number of aromatic nitrogens is 4. The minimum atomic E-state index is -1.62. The Labute approximate surface area is 99.8 Å². The number of rotatable bonds is 3. The van der Waals surface area contributed by atoms with Gasteiger partial charge >= 0.3 is 0 Å². The summed E-state index contributed by atoms with van der Waals surface area (Å²) in [5.41, 5.74) is -1.98. The molecule has 1 aromatic rings. The molecule has 0 aromatic carbocycles. The molecule has 0 aliphatic carbocycles. The van der Waals surface area contributed by atoms with Crippen molar-refractivity contribution in [3.8, 4) is 0 Å². The van der Waals surface area contributed by atoms with Gasteiger partial charge in [-0.2, -0.15) is 4.68 Å². The zero-order chi connectivity index (χ0) is 13.5. The molecule has 0 radical (unpaired) electrons. The van der Waals surface area contributed by atoms with Crippen LogP contribution in [-0.2, 0) is 0 Å². The molecule has 2 heterocycles. The van der Waals surface area contributed by atoms with Crippen molar-refractivity contribution >= 4 is 5.95 Å². The topological polar surface area (TPSA) is 142 Å². The number of hydrogen-bond donors (Lipinski definition) is 1. The molecule has 96 valence electrons. The van der Waals surface area contributed by atoms with Crippen molar-refractivity contribution in [3.05, 3.63) is 32.1 Å². The Morgan fingerprint density at radius 1 is 1.44 bits per heavy atom. The summed E-state index contributed by atoms with van der Waals surface area (Å²) in [7, 11) is 0. The van der Waals surface area contributed by atoms with Gasteiger partial charge in [-0.1, -0.05) is 5.10 Å². The van der Waals surface area contributed by atoms with E-state index in [1.807, 2.05) is 0 Å². The summed E-state index contributed by atoms with van der Waals surface area (Å²) in [6, 6.07) is -1.19. The van der Waals surface area contributed by atoms with Gasteiger partial charge in [-0.25, -0.2) is 0 Å². The van der Waals surface area contributed by atoms with E-state index in [0.29, 0.717) is 0 Å². The monoisotopic (exact) mass is 255 g/mol. The fourth-order valence-corrected chi connectivity index (χ4v) is 1.72. The lowest BCUT2D eigenvalue weighted by molar-refractivity contribution is -0.575. The zero-order valence-corrected chi connectivity index (χ0v) is 9.47. The third-order valence-electron chi connectivity index (χ3n) is 2.72. The number of hydrogen-bond acceptors (Lipinski definition) is 8. The van der Waals surface area contributed by atoms with E-state index in [0.717, 1.165) is 10.9 Å². The largest absolute Gasteiger partial charge is 0.324 e. The van der Waals surface area contributed by atoms with Gasteiger partial charge in [0.15, 0.2) is 0 Å². The molecule has 0 fully saturated rings. The molecule has 0 saturated carbocycles. The van der Waals surface area contributed by atoms with E-state index in [4.69, 9.17) is 0 Å². The quantitative estimate of drug-likeness (QED) is 0.578. The van der Waals surface area contributed by atoms with E-state index in [2.05, 4.69) is 20.8 Å². The number of nitro groups is 2. The van der Waals surface area contributed by atoms with Crippen molar-refractivity contribution in [2.24, 2.45) is 0 Å². The lowest BCUT2D eigenvalue weighted by Crippen LogP contribution is -2.45. The zero-order valence-electron chi connectivity index (χ0n) is 9.47. The smallest absolute Gasteiger partial charge is 0.294 e. The van der Waals surface area contributed by atoms with Gasteiger partial charge in [0, 0.05) is 18.8 Å². The highest BCUT2D eigenvalue weighted by molar-refractivity contribution is 5.35. The predicted molar refractivity (Wildman–Crippen MR) is 56.6 cm³/mol. The van der Waals surface area contributed by atoms with Crippen LogP contribution >= 0.6 is 0 Å². The van der Waals surface area contributed by atoms with E-state index in [1.165, 1.54) is 13.8 Å². The number of fused-ring (bicyclic) bond motifs is 1. The normalized spacial score (nSPS) is 18.6. The molecule has 0 amide bonds. The van der Waals surface area contributed by atoms with Crippen molar-refractivity contribution in [1.29, 1.82) is 0 Å².